The number of halogens is 2. The van der Waals surface area contributed by atoms with Crippen LogP contribution in [0, 0.1) is 0 Å². The van der Waals surface area contributed by atoms with Gasteiger partial charge in [-0.3, -0.25) is 4.79 Å². The Morgan fingerprint density at radius 1 is 0.567 bits per heavy atom. The van der Waals surface area contributed by atoms with Gasteiger partial charge in [0, 0.05) is 22.9 Å². The van der Waals surface area contributed by atoms with E-state index in [1.54, 1.807) is 0 Å². The summed E-state index contributed by atoms with van der Waals surface area (Å²) >= 11 is 11.4. The van der Waals surface area contributed by atoms with Crippen molar-refractivity contribution in [1.29, 1.82) is 0 Å². The number of alkyl halides is 2. The van der Waals surface area contributed by atoms with Gasteiger partial charge >= 0.3 is 0 Å². The van der Waals surface area contributed by atoms with Crippen LogP contribution in [0.2, 0.25) is 0 Å². The third kappa shape index (κ3) is 6.15. The lowest BCUT2D eigenvalue weighted by Gasteiger charge is -2.08. The van der Waals surface area contributed by atoms with E-state index in [1.165, 1.54) is 0 Å². The summed E-state index contributed by atoms with van der Waals surface area (Å²) in [6.07, 6.45) is 8.56. The Labute approximate surface area is 189 Å². The first-order valence-electron chi connectivity index (χ1n) is 11.0. The highest BCUT2D eigenvalue weighted by Gasteiger charge is 2.27. The average Bonchev–Trinajstić information content (AvgIpc) is 3.04. The van der Waals surface area contributed by atoms with E-state index in [0.29, 0.717) is 24.3 Å². The molecule has 3 nitrogen and oxygen atoms in total. The number of hydrogen-bond donors (Lipinski definition) is 0. The molecule has 2 aromatic rings. The Morgan fingerprint density at radius 3 is 1.43 bits per heavy atom. The van der Waals surface area contributed by atoms with Crippen molar-refractivity contribution in [2.45, 2.75) is 51.4 Å². The van der Waals surface area contributed by atoms with E-state index >= 15 is 0 Å². The molecule has 0 aliphatic heterocycles. The molecule has 1 aliphatic rings. The van der Waals surface area contributed by atoms with Gasteiger partial charge in [-0.25, -0.2) is 0 Å². The summed E-state index contributed by atoms with van der Waals surface area (Å²) in [4.78, 5) is 13.0. The maximum absolute atomic E-state index is 13.0. The molecule has 0 atom stereocenters. The number of ether oxygens (including phenoxy) is 2. The van der Waals surface area contributed by atoms with E-state index in [0.717, 1.165) is 85.8 Å². The maximum atomic E-state index is 13.0. The van der Waals surface area contributed by atoms with Crippen LogP contribution in [0.15, 0.2) is 36.4 Å². The van der Waals surface area contributed by atoms with Gasteiger partial charge in [-0.05, 0) is 73.2 Å². The topological polar surface area (TPSA) is 35.5 Å². The summed E-state index contributed by atoms with van der Waals surface area (Å²) in [7, 11) is 0. The quantitative estimate of drug-likeness (QED) is 0.192. The summed E-state index contributed by atoms with van der Waals surface area (Å²) in [5, 5.41) is 0. The Bertz CT molecular complexity index is 768. The first-order valence-corrected chi connectivity index (χ1v) is 12.0. The molecule has 0 fully saturated rings. The Balaban J connectivity index is 1.55. The molecule has 0 amide bonds. The number of rotatable bonds is 14. The van der Waals surface area contributed by atoms with E-state index in [1.807, 2.05) is 36.4 Å². The zero-order valence-electron chi connectivity index (χ0n) is 17.4. The van der Waals surface area contributed by atoms with Crippen molar-refractivity contribution in [2.24, 2.45) is 0 Å². The number of carbonyl (C=O) groups excluding carboxylic acids is 1. The fourth-order valence-corrected chi connectivity index (χ4v) is 4.08. The highest BCUT2D eigenvalue weighted by Crippen LogP contribution is 2.39. The zero-order valence-corrected chi connectivity index (χ0v) is 18.9. The molecule has 0 N–H and O–H groups in total. The molecule has 0 spiro atoms. The highest BCUT2D eigenvalue weighted by molar-refractivity contribution is 6.22. The van der Waals surface area contributed by atoms with Crippen LogP contribution in [-0.4, -0.2) is 30.8 Å². The SMILES string of the molecule is O=C1c2cc(OCCCCCCCl)ccc2-c2ccc(OCCCCCCCl)cc21. The molecular formula is C25H30Cl2O3. The lowest BCUT2D eigenvalue weighted by molar-refractivity contribution is 0.104. The number of hydrogen-bond acceptors (Lipinski definition) is 3. The summed E-state index contributed by atoms with van der Waals surface area (Å²) in [6.45, 7) is 1.32. The predicted octanol–water partition coefficient (Wildman–Crippen LogP) is 7.25. The minimum Gasteiger partial charge on any atom is -0.494 e. The minimum absolute atomic E-state index is 0.0418. The number of unbranched alkanes of at least 4 members (excludes halogenated alkanes) is 6. The second kappa shape index (κ2) is 12.2. The van der Waals surface area contributed by atoms with Crippen molar-refractivity contribution in [3.8, 4) is 22.6 Å². The van der Waals surface area contributed by atoms with Crippen LogP contribution < -0.4 is 9.47 Å². The van der Waals surface area contributed by atoms with Crippen molar-refractivity contribution in [3.05, 3.63) is 47.5 Å². The van der Waals surface area contributed by atoms with Gasteiger partial charge in [-0.1, -0.05) is 25.7 Å². The Morgan fingerprint density at radius 2 is 1.00 bits per heavy atom. The van der Waals surface area contributed by atoms with E-state index in [9.17, 15) is 4.79 Å². The van der Waals surface area contributed by atoms with Gasteiger partial charge in [0.25, 0.3) is 0 Å². The monoisotopic (exact) mass is 448 g/mol. The lowest BCUT2D eigenvalue weighted by Crippen LogP contribution is -2.01. The Kier molecular flexibility index (Phi) is 9.35. The summed E-state index contributed by atoms with van der Waals surface area (Å²) in [5.74, 6) is 2.98. The van der Waals surface area contributed by atoms with Crippen molar-refractivity contribution in [3.63, 3.8) is 0 Å². The van der Waals surface area contributed by atoms with Crippen LogP contribution >= 0.6 is 23.2 Å². The second-order valence-corrected chi connectivity index (χ2v) is 8.40. The van der Waals surface area contributed by atoms with Crippen molar-refractivity contribution in [1.82, 2.24) is 0 Å². The van der Waals surface area contributed by atoms with Gasteiger partial charge in [0.05, 0.1) is 13.2 Å². The second-order valence-electron chi connectivity index (χ2n) is 7.65. The maximum Gasteiger partial charge on any atom is 0.194 e. The fourth-order valence-electron chi connectivity index (χ4n) is 3.70. The molecule has 1 aliphatic carbocycles. The van der Waals surface area contributed by atoms with Crippen LogP contribution in [0.25, 0.3) is 11.1 Å². The summed E-state index contributed by atoms with van der Waals surface area (Å²) in [6, 6.07) is 11.6. The number of benzene rings is 2. The molecular weight excluding hydrogens is 419 g/mol. The molecule has 0 bridgehead atoms. The number of ketones is 1. The van der Waals surface area contributed by atoms with Gasteiger partial charge in [-0.15, -0.1) is 23.2 Å². The first-order chi connectivity index (χ1) is 14.7. The third-order valence-electron chi connectivity index (χ3n) is 5.35. The van der Waals surface area contributed by atoms with Gasteiger partial charge in [0.15, 0.2) is 5.78 Å². The summed E-state index contributed by atoms with van der Waals surface area (Å²) < 4.78 is 11.7. The largest absolute Gasteiger partial charge is 0.494 e. The molecule has 0 unspecified atom stereocenters. The lowest BCUT2D eigenvalue weighted by atomic mass is 10.1. The van der Waals surface area contributed by atoms with Crippen LogP contribution in [0.5, 0.6) is 11.5 Å². The van der Waals surface area contributed by atoms with E-state index in [4.69, 9.17) is 32.7 Å². The predicted molar refractivity (Wildman–Crippen MR) is 125 cm³/mol. The van der Waals surface area contributed by atoms with Gasteiger partial charge in [0.2, 0.25) is 0 Å². The number of fused-ring (bicyclic) bond motifs is 3. The average molecular weight is 449 g/mol. The molecule has 162 valence electrons. The molecule has 3 rings (SSSR count). The van der Waals surface area contributed by atoms with Crippen molar-refractivity contribution < 1.29 is 14.3 Å². The third-order valence-corrected chi connectivity index (χ3v) is 5.89. The van der Waals surface area contributed by atoms with Crippen LogP contribution in [-0.2, 0) is 0 Å². The molecule has 5 heteroatoms. The minimum atomic E-state index is 0.0418. The summed E-state index contributed by atoms with van der Waals surface area (Å²) in [5.41, 5.74) is 3.36. The normalized spacial score (nSPS) is 12.0. The molecule has 0 radical (unpaired) electrons. The van der Waals surface area contributed by atoms with Gasteiger partial charge < -0.3 is 9.47 Å². The van der Waals surface area contributed by atoms with Crippen LogP contribution in [0.3, 0.4) is 0 Å². The van der Waals surface area contributed by atoms with E-state index in [2.05, 4.69) is 0 Å². The first kappa shape index (κ1) is 23.0. The highest BCUT2D eigenvalue weighted by atomic mass is 35.5. The Hall–Kier alpha value is -1.71. The van der Waals surface area contributed by atoms with Crippen LogP contribution in [0.4, 0.5) is 0 Å². The molecule has 0 aromatic heterocycles. The van der Waals surface area contributed by atoms with Crippen molar-refractivity contribution in [2.75, 3.05) is 25.0 Å². The van der Waals surface area contributed by atoms with Gasteiger partial charge in [0.1, 0.15) is 11.5 Å². The fraction of sp³-hybridized carbons (Fsp3) is 0.480. The van der Waals surface area contributed by atoms with Crippen molar-refractivity contribution >= 4 is 29.0 Å². The molecule has 30 heavy (non-hydrogen) atoms. The van der Waals surface area contributed by atoms with E-state index < -0.39 is 0 Å². The molecule has 0 saturated carbocycles. The zero-order chi connectivity index (χ0) is 21.2. The van der Waals surface area contributed by atoms with E-state index in [-0.39, 0.29) is 5.78 Å². The van der Waals surface area contributed by atoms with Gasteiger partial charge in [-0.2, -0.15) is 0 Å². The molecule has 0 saturated heterocycles. The standard InChI is InChI=1S/C25H30Cl2O3/c26-13-5-1-3-7-15-29-19-9-11-21-22-12-10-20(30-16-8-4-2-6-14-27)18-24(22)25(28)23(21)17-19/h9-12,17-18H,1-8,13-16H2. The smallest absolute Gasteiger partial charge is 0.194 e. The molecule has 0 heterocycles. The van der Waals surface area contributed by atoms with Crippen LogP contribution in [0.1, 0.15) is 67.3 Å². The molecule has 2 aromatic carbocycles. The number of carbonyl (C=O) groups is 1.